The maximum absolute atomic E-state index is 6.10. The van der Waals surface area contributed by atoms with Crippen LogP contribution in [0, 0.1) is 6.92 Å². The number of thiophene rings is 1. The molecule has 0 aliphatic rings. The maximum atomic E-state index is 6.10. The van der Waals surface area contributed by atoms with Crippen LogP contribution in [0.2, 0.25) is 0 Å². The molecule has 0 fully saturated rings. The molecular weight excluding hydrogens is 372 g/mol. The standard InChI is InChI=1S/C21H14N4O2S/c1-13-2-4-14(5-3-13)17-10-28-21-18(17)20(22-11-23-21)27-16-8-6-15(7-9-16)19-25-24-12-26-19/h2-12H,1H3. The minimum atomic E-state index is 0.468. The van der Waals surface area contributed by atoms with E-state index >= 15 is 0 Å². The molecule has 0 spiro atoms. The molecule has 5 aromatic rings. The van der Waals surface area contributed by atoms with Crippen LogP contribution < -0.4 is 4.74 Å². The molecule has 2 aromatic carbocycles. The van der Waals surface area contributed by atoms with Crippen molar-refractivity contribution < 1.29 is 9.15 Å². The number of aryl methyl sites for hydroxylation is 1. The van der Waals surface area contributed by atoms with Crippen LogP contribution in [0.4, 0.5) is 0 Å². The molecule has 5 rings (SSSR count). The van der Waals surface area contributed by atoms with Crippen molar-refractivity contribution in [3.63, 3.8) is 0 Å². The van der Waals surface area contributed by atoms with Crippen molar-refractivity contribution in [3.8, 4) is 34.2 Å². The second-order valence-electron chi connectivity index (χ2n) is 6.24. The Morgan fingerprint density at radius 2 is 1.71 bits per heavy atom. The van der Waals surface area contributed by atoms with E-state index in [0.29, 0.717) is 17.5 Å². The predicted octanol–water partition coefficient (Wildman–Crippen LogP) is 5.51. The average molecular weight is 386 g/mol. The van der Waals surface area contributed by atoms with E-state index in [9.17, 15) is 0 Å². The lowest BCUT2D eigenvalue weighted by atomic mass is 10.0. The largest absolute Gasteiger partial charge is 0.438 e. The fourth-order valence-corrected chi connectivity index (χ4v) is 3.85. The van der Waals surface area contributed by atoms with Gasteiger partial charge in [-0.3, -0.25) is 0 Å². The van der Waals surface area contributed by atoms with Gasteiger partial charge in [0.2, 0.25) is 18.2 Å². The van der Waals surface area contributed by atoms with Crippen molar-refractivity contribution in [2.24, 2.45) is 0 Å². The van der Waals surface area contributed by atoms with E-state index in [1.807, 2.05) is 24.3 Å². The van der Waals surface area contributed by atoms with Gasteiger partial charge >= 0.3 is 0 Å². The quantitative estimate of drug-likeness (QED) is 0.405. The van der Waals surface area contributed by atoms with Crippen LogP contribution in [0.25, 0.3) is 32.8 Å². The Bertz CT molecular complexity index is 1230. The summed E-state index contributed by atoms with van der Waals surface area (Å²) in [6.45, 7) is 2.07. The highest BCUT2D eigenvalue weighted by Gasteiger charge is 2.15. The van der Waals surface area contributed by atoms with E-state index in [2.05, 4.69) is 56.7 Å². The lowest BCUT2D eigenvalue weighted by molar-refractivity contribution is 0.468. The zero-order chi connectivity index (χ0) is 18.9. The molecule has 136 valence electrons. The topological polar surface area (TPSA) is 73.9 Å². The molecule has 0 aliphatic carbocycles. The first-order valence-corrected chi connectivity index (χ1v) is 9.49. The first-order chi connectivity index (χ1) is 13.8. The molecule has 0 saturated carbocycles. The molecule has 0 radical (unpaired) electrons. The summed E-state index contributed by atoms with van der Waals surface area (Å²) in [4.78, 5) is 9.67. The number of hydrogen-bond donors (Lipinski definition) is 0. The third kappa shape index (κ3) is 3.01. The Labute approximate surface area is 164 Å². The van der Waals surface area contributed by atoms with Gasteiger partial charge in [-0.15, -0.1) is 21.5 Å². The van der Waals surface area contributed by atoms with Crippen LogP contribution in [-0.4, -0.2) is 20.2 Å². The Hall–Kier alpha value is -3.58. The van der Waals surface area contributed by atoms with Gasteiger partial charge in [-0.25, -0.2) is 9.97 Å². The zero-order valence-electron chi connectivity index (χ0n) is 14.9. The molecule has 0 amide bonds. The molecule has 3 heterocycles. The van der Waals surface area contributed by atoms with Crippen LogP contribution in [0.3, 0.4) is 0 Å². The first kappa shape index (κ1) is 16.6. The molecule has 3 aromatic heterocycles. The summed E-state index contributed by atoms with van der Waals surface area (Å²) >= 11 is 1.58. The SMILES string of the molecule is Cc1ccc(-c2csc3ncnc(Oc4ccc(-c5nnco5)cc4)c23)cc1. The molecule has 0 aliphatic heterocycles. The van der Waals surface area contributed by atoms with Crippen molar-refractivity contribution in [2.45, 2.75) is 6.92 Å². The number of rotatable bonds is 4. The number of hydrogen-bond acceptors (Lipinski definition) is 7. The molecule has 0 N–H and O–H groups in total. The van der Waals surface area contributed by atoms with E-state index in [1.54, 1.807) is 11.3 Å². The zero-order valence-corrected chi connectivity index (χ0v) is 15.7. The van der Waals surface area contributed by atoms with Crippen molar-refractivity contribution in [1.29, 1.82) is 0 Å². The number of ether oxygens (including phenoxy) is 1. The molecule has 0 saturated heterocycles. The second kappa shape index (κ2) is 6.86. The van der Waals surface area contributed by atoms with Crippen LogP contribution in [-0.2, 0) is 0 Å². The Morgan fingerprint density at radius 1 is 0.929 bits per heavy atom. The predicted molar refractivity (Wildman–Crippen MR) is 107 cm³/mol. The molecular formula is C21H14N4O2S. The van der Waals surface area contributed by atoms with E-state index < -0.39 is 0 Å². The minimum Gasteiger partial charge on any atom is -0.438 e. The van der Waals surface area contributed by atoms with E-state index in [4.69, 9.17) is 9.15 Å². The molecule has 0 unspecified atom stereocenters. The molecule has 0 bridgehead atoms. The molecule has 0 atom stereocenters. The van der Waals surface area contributed by atoms with Gasteiger partial charge in [0.1, 0.15) is 16.9 Å². The highest BCUT2D eigenvalue weighted by molar-refractivity contribution is 7.17. The van der Waals surface area contributed by atoms with Crippen LogP contribution in [0.5, 0.6) is 11.6 Å². The molecule has 28 heavy (non-hydrogen) atoms. The van der Waals surface area contributed by atoms with Gasteiger partial charge in [0.15, 0.2) is 0 Å². The van der Waals surface area contributed by atoms with Crippen molar-refractivity contribution in [3.05, 3.63) is 72.2 Å². The Balaban J connectivity index is 1.52. The fraction of sp³-hybridized carbons (Fsp3) is 0.0476. The van der Waals surface area contributed by atoms with Crippen molar-refractivity contribution in [2.75, 3.05) is 0 Å². The summed E-state index contributed by atoms with van der Waals surface area (Å²) in [7, 11) is 0. The van der Waals surface area contributed by atoms with E-state index in [1.165, 1.54) is 18.3 Å². The van der Waals surface area contributed by atoms with E-state index in [0.717, 1.165) is 26.9 Å². The summed E-state index contributed by atoms with van der Waals surface area (Å²) in [5, 5.41) is 10.6. The first-order valence-electron chi connectivity index (χ1n) is 8.61. The Morgan fingerprint density at radius 3 is 2.46 bits per heavy atom. The molecule has 7 heteroatoms. The van der Waals surface area contributed by atoms with Gasteiger partial charge in [-0.05, 0) is 36.8 Å². The van der Waals surface area contributed by atoms with Gasteiger partial charge in [0.25, 0.3) is 0 Å². The van der Waals surface area contributed by atoms with Gasteiger partial charge < -0.3 is 9.15 Å². The number of aromatic nitrogens is 4. The van der Waals surface area contributed by atoms with Gasteiger partial charge in [-0.2, -0.15) is 0 Å². The third-order valence-corrected chi connectivity index (χ3v) is 5.26. The second-order valence-corrected chi connectivity index (χ2v) is 7.10. The highest BCUT2D eigenvalue weighted by atomic mass is 32.1. The highest BCUT2D eigenvalue weighted by Crippen LogP contribution is 2.39. The van der Waals surface area contributed by atoms with E-state index in [-0.39, 0.29) is 0 Å². The normalized spacial score (nSPS) is 11.0. The minimum absolute atomic E-state index is 0.468. The summed E-state index contributed by atoms with van der Waals surface area (Å²) in [6, 6.07) is 15.8. The maximum Gasteiger partial charge on any atom is 0.247 e. The fourth-order valence-electron chi connectivity index (χ4n) is 2.95. The average Bonchev–Trinajstić information content (AvgIpc) is 3.40. The lowest BCUT2D eigenvalue weighted by Crippen LogP contribution is -1.91. The smallest absolute Gasteiger partial charge is 0.247 e. The number of benzene rings is 2. The van der Waals surface area contributed by atoms with Crippen molar-refractivity contribution >= 4 is 21.6 Å². The van der Waals surface area contributed by atoms with Gasteiger partial charge in [0, 0.05) is 16.5 Å². The molecule has 6 nitrogen and oxygen atoms in total. The third-order valence-electron chi connectivity index (χ3n) is 4.37. The van der Waals surface area contributed by atoms with Gasteiger partial charge in [0.05, 0.1) is 5.39 Å². The van der Waals surface area contributed by atoms with Gasteiger partial charge in [-0.1, -0.05) is 29.8 Å². The summed E-state index contributed by atoms with van der Waals surface area (Å²) in [5.41, 5.74) is 4.23. The monoisotopic (exact) mass is 386 g/mol. The Kier molecular flexibility index (Phi) is 4.06. The van der Waals surface area contributed by atoms with Crippen LogP contribution in [0.15, 0.2) is 71.0 Å². The summed E-state index contributed by atoms with van der Waals surface area (Å²) in [5.74, 6) is 1.67. The summed E-state index contributed by atoms with van der Waals surface area (Å²) < 4.78 is 11.3. The number of nitrogens with zero attached hydrogens (tertiary/aromatic N) is 4. The summed E-state index contributed by atoms with van der Waals surface area (Å²) in [6.07, 6.45) is 2.83. The van der Waals surface area contributed by atoms with Crippen molar-refractivity contribution in [1.82, 2.24) is 20.2 Å². The lowest BCUT2D eigenvalue weighted by Gasteiger charge is -2.08. The van der Waals surface area contributed by atoms with Crippen LogP contribution >= 0.6 is 11.3 Å². The van der Waals surface area contributed by atoms with Crippen LogP contribution in [0.1, 0.15) is 5.56 Å². The number of fused-ring (bicyclic) bond motifs is 1.